The molecule has 0 spiro atoms. The molecular formula is C20H14N2O3S. The lowest BCUT2D eigenvalue weighted by Gasteiger charge is -2.07. The van der Waals surface area contributed by atoms with Crippen LogP contribution in [0.15, 0.2) is 66.7 Å². The molecule has 0 aliphatic rings. The molecule has 0 aliphatic heterocycles. The summed E-state index contributed by atoms with van der Waals surface area (Å²) in [6, 6.07) is 20.6. The minimum atomic E-state index is -0.555. The number of benzene rings is 3. The van der Waals surface area contributed by atoms with Gasteiger partial charge in [0.25, 0.3) is 0 Å². The number of aromatic nitrogens is 1. The van der Waals surface area contributed by atoms with Gasteiger partial charge in [0.1, 0.15) is 5.01 Å². The summed E-state index contributed by atoms with van der Waals surface area (Å²) in [5, 5.41) is 22.4. The molecule has 26 heavy (non-hydrogen) atoms. The highest BCUT2D eigenvalue weighted by Crippen LogP contribution is 2.41. The van der Waals surface area contributed by atoms with Crippen LogP contribution in [0.4, 0.5) is 5.69 Å². The Hall–Kier alpha value is -3.25. The summed E-state index contributed by atoms with van der Waals surface area (Å²) in [6.07, 6.45) is 0.542. The SMILES string of the molecule is O=[N+]([O-])c1cc(Cc2ccccc2)cc(-c2nc3ccccc3s2)c1O. The summed E-state index contributed by atoms with van der Waals surface area (Å²) in [6.45, 7) is 0. The third-order valence-corrected chi connectivity index (χ3v) is 5.19. The Bertz CT molecular complexity index is 1070. The van der Waals surface area contributed by atoms with Crippen molar-refractivity contribution in [1.82, 2.24) is 4.98 Å². The van der Waals surface area contributed by atoms with Gasteiger partial charge in [-0.05, 0) is 35.7 Å². The Labute approximate surface area is 153 Å². The van der Waals surface area contributed by atoms with E-state index in [0.29, 0.717) is 17.0 Å². The lowest BCUT2D eigenvalue weighted by molar-refractivity contribution is -0.385. The number of nitro groups is 1. The molecule has 0 amide bonds. The molecule has 5 nitrogen and oxygen atoms in total. The lowest BCUT2D eigenvalue weighted by atomic mass is 10.0. The average Bonchev–Trinajstić information content (AvgIpc) is 3.07. The first-order valence-corrected chi connectivity index (χ1v) is 8.83. The normalized spacial score (nSPS) is 10.9. The third kappa shape index (κ3) is 3.02. The van der Waals surface area contributed by atoms with E-state index in [9.17, 15) is 15.2 Å². The Kier molecular flexibility index (Phi) is 4.10. The maximum Gasteiger partial charge on any atom is 0.311 e. The molecule has 128 valence electrons. The van der Waals surface area contributed by atoms with Gasteiger partial charge in [-0.3, -0.25) is 10.1 Å². The number of hydrogen-bond donors (Lipinski definition) is 1. The highest BCUT2D eigenvalue weighted by atomic mass is 32.1. The molecule has 0 saturated carbocycles. The lowest BCUT2D eigenvalue weighted by Crippen LogP contribution is -1.95. The number of phenols is 1. The minimum absolute atomic E-state index is 0.298. The maximum atomic E-state index is 11.4. The molecule has 0 aliphatic carbocycles. The number of nitrogens with zero attached hydrogens (tertiary/aromatic N) is 2. The number of hydrogen-bond acceptors (Lipinski definition) is 5. The number of thiazole rings is 1. The Morgan fingerprint density at radius 2 is 1.73 bits per heavy atom. The molecule has 0 bridgehead atoms. The summed E-state index contributed by atoms with van der Waals surface area (Å²) in [5.41, 5.74) is 2.71. The molecule has 4 aromatic rings. The molecule has 0 saturated heterocycles. The number of para-hydroxylation sites is 1. The Morgan fingerprint density at radius 1 is 1.00 bits per heavy atom. The highest BCUT2D eigenvalue weighted by Gasteiger charge is 2.22. The second-order valence-electron chi connectivity index (χ2n) is 5.92. The number of phenolic OH excluding ortho intramolecular Hbond substituents is 1. The van der Waals surface area contributed by atoms with Crippen LogP contribution in [0, 0.1) is 10.1 Å². The van der Waals surface area contributed by atoms with E-state index in [1.54, 1.807) is 6.07 Å². The van der Waals surface area contributed by atoms with Crippen molar-refractivity contribution < 1.29 is 10.0 Å². The van der Waals surface area contributed by atoms with Crippen LogP contribution in [0.3, 0.4) is 0 Å². The zero-order valence-electron chi connectivity index (χ0n) is 13.6. The van der Waals surface area contributed by atoms with Crippen molar-refractivity contribution in [3.63, 3.8) is 0 Å². The first-order valence-electron chi connectivity index (χ1n) is 8.02. The molecule has 0 atom stereocenters. The summed E-state index contributed by atoms with van der Waals surface area (Å²) >= 11 is 1.41. The van der Waals surface area contributed by atoms with Crippen LogP contribution in [-0.2, 0) is 6.42 Å². The fraction of sp³-hybridized carbons (Fsp3) is 0.0500. The van der Waals surface area contributed by atoms with E-state index in [1.165, 1.54) is 17.4 Å². The number of nitro benzene ring substituents is 1. The van der Waals surface area contributed by atoms with E-state index < -0.39 is 4.92 Å². The standard InChI is InChI=1S/C20H14N2O3S/c23-19-15(20-21-16-8-4-5-9-18(16)26-20)11-14(12-17(19)22(24)25)10-13-6-2-1-3-7-13/h1-9,11-12,23H,10H2. The van der Waals surface area contributed by atoms with Crippen molar-refractivity contribution in [1.29, 1.82) is 0 Å². The molecule has 1 heterocycles. The van der Waals surface area contributed by atoms with Crippen LogP contribution < -0.4 is 0 Å². The van der Waals surface area contributed by atoms with Gasteiger partial charge in [0.2, 0.25) is 5.75 Å². The van der Waals surface area contributed by atoms with E-state index in [-0.39, 0.29) is 11.4 Å². The van der Waals surface area contributed by atoms with E-state index in [4.69, 9.17) is 0 Å². The largest absolute Gasteiger partial charge is 0.502 e. The Morgan fingerprint density at radius 3 is 2.46 bits per heavy atom. The highest BCUT2D eigenvalue weighted by molar-refractivity contribution is 7.21. The number of aromatic hydroxyl groups is 1. The van der Waals surface area contributed by atoms with Gasteiger partial charge in [0, 0.05) is 6.07 Å². The molecule has 0 radical (unpaired) electrons. The summed E-state index contributed by atoms with van der Waals surface area (Å²) in [5.74, 6) is -0.342. The van der Waals surface area contributed by atoms with Crippen LogP contribution in [0.2, 0.25) is 0 Å². The van der Waals surface area contributed by atoms with Crippen molar-refractivity contribution in [3.05, 3.63) is 88.0 Å². The van der Waals surface area contributed by atoms with Crippen molar-refractivity contribution in [2.45, 2.75) is 6.42 Å². The summed E-state index contributed by atoms with van der Waals surface area (Å²) < 4.78 is 0.970. The van der Waals surface area contributed by atoms with Crippen molar-refractivity contribution in [3.8, 4) is 16.3 Å². The first-order chi connectivity index (χ1) is 12.6. The molecular weight excluding hydrogens is 348 g/mol. The van der Waals surface area contributed by atoms with Gasteiger partial charge < -0.3 is 5.11 Å². The predicted molar refractivity (Wildman–Crippen MR) is 103 cm³/mol. The predicted octanol–water partition coefficient (Wildman–Crippen LogP) is 5.17. The van der Waals surface area contributed by atoms with E-state index in [0.717, 1.165) is 21.3 Å². The topological polar surface area (TPSA) is 76.3 Å². The third-order valence-electron chi connectivity index (χ3n) is 4.12. The van der Waals surface area contributed by atoms with Gasteiger partial charge in [-0.15, -0.1) is 11.3 Å². The monoisotopic (exact) mass is 362 g/mol. The second kappa shape index (κ2) is 6.57. The molecule has 1 aromatic heterocycles. The smallest absolute Gasteiger partial charge is 0.311 e. The van der Waals surface area contributed by atoms with Crippen LogP contribution in [0.25, 0.3) is 20.8 Å². The van der Waals surface area contributed by atoms with Gasteiger partial charge in [0.15, 0.2) is 0 Å². The molecule has 4 rings (SSSR count). The van der Waals surface area contributed by atoms with Crippen LogP contribution in [0.5, 0.6) is 5.75 Å². The second-order valence-corrected chi connectivity index (χ2v) is 6.95. The zero-order valence-corrected chi connectivity index (χ0v) is 14.4. The number of rotatable bonds is 4. The molecule has 1 N–H and O–H groups in total. The van der Waals surface area contributed by atoms with Gasteiger partial charge in [-0.1, -0.05) is 42.5 Å². The van der Waals surface area contributed by atoms with E-state index in [2.05, 4.69) is 4.98 Å². The molecule has 3 aromatic carbocycles. The van der Waals surface area contributed by atoms with Crippen LogP contribution in [0.1, 0.15) is 11.1 Å². The van der Waals surface area contributed by atoms with Crippen molar-refractivity contribution in [2.75, 3.05) is 0 Å². The fourth-order valence-electron chi connectivity index (χ4n) is 2.90. The average molecular weight is 362 g/mol. The maximum absolute atomic E-state index is 11.4. The zero-order chi connectivity index (χ0) is 18.1. The molecule has 6 heteroatoms. The Balaban J connectivity index is 1.86. The van der Waals surface area contributed by atoms with Crippen LogP contribution >= 0.6 is 11.3 Å². The summed E-state index contributed by atoms with van der Waals surface area (Å²) in [4.78, 5) is 15.4. The van der Waals surface area contributed by atoms with Gasteiger partial charge in [-0.2, -0.15) is 0 Å². The first kappa shape index (κ1) is 16.2. The van der Waals surface area contributed by atoms with Gasteiger partial charge in [-0.25, -0.2) is 4.98 Å². The molecule has 0 unspecified atom stereocenters. The summed E-state index contributed by atoms with van der Waals surface area (Å²) in [7, 11) is 0. The van der Waals surface area contributed by atoms with Crippen LogP contribution in [-0.4, -0.2) is 15.0 Å². The van der Waals surface area contributed by atoms with Crippen molar-refractivity contribution in [2.24, 2.45) is 0 Å². The fourth-order valence-corrected chi connectivity index (χ4v) is 3.88. The minimum Gasteiger partial charge on any atom is -0.502 e. The van der Waals surface area contributed by atoms with Crippen molar-refractivity contribution >= 4 is 27.2 Å². The molecule has 0 fully saturated rings. The van der Waals surface area contributed by atoms with Gasteiger partial charge in [0.05, 0.1) is 20.7 Å². The van der Waals surface area contributed by atoms with Gasteiger partial charge >= 0.3 is 5.69 Å². The van der Waals surface area contributed by atoms with E-state index in [1.807, 2.05) is 54.6 Å². The van der Waals surface area contributed by atoms with E-state index >= 15 is 0 Å². The number of fused-ring (bicyclic) bond motifs is 1. The quantitative estimate of drug-likeness (QED) is 0.401.